The first-order valence-electron chi connectivity index (χ1n) is 5.77. The predicted molar refractivity (Wildman–Crippen MR) is 73.3 cm³/mol. The maximum Gasteiger partial charge on any atom is 0.347 e. The first kappa shape index (κ1) is 14.7. The number of carboxylic acids is 1. The Kier molecular flexibility index (Phi) is 4.53. The molecule has 2 rings (SSSR count). The van der Waals surface area contributed by atoms with Gasteiger partial charge in [0.05, 0.1) is 6.33 Å². The summed E-state index contributed by atoms with van der Waals surface area (Å²) in [5.41, 5.74) is 0. The van der Waals surface area contributed by atoms with Crippen LogP contribution in [0.5, 0.6) is 0 Å². The van der Waals surface area contributed by atoms with Crippen molar-refractivity contribution in [2.45, 2.75) is 17.9 Å². The van der Waals surface area contributed by atoms with E-state index in [1.807, 2.05) is 4.57 Å². The molecule has 0 aliphatic heterocycles. The van der Waals surface area contributed by atoms with E-state index in [0.29, 0.717) is 13.0 Å². The summed E-state index contributed by atoms with van der Waals surface area (Å²) >= 11 is 0.891. The summed E-state index contributed by atoms with van der Waals surface area (Å²) in [5, 5.41) is 10.4. The number of thiophene rings is 1. The van der Waals surface area contributed by atoms with Crippen molar-refractivity contribution >= 4 is 27.3 Å². The minimum Gasteiger partial charge on any atom is -0.477 e. The lowest BCUT2D eigenvalue weighted by Crippen LogP contribution is -2.26. The maximum absolute atomic E-state index is 12.0. The maximum atomic E-state index is 12.0. The minimum atomic E-state index is -3.78. The number of carboxylic acid groups (broad SMARTS) is 1. The molecule has 2 aromatic heterocycles. The fourth-order valence-corrected chi connectivity index (χ4v) is 3.96. The van der Waals surface area contributed by atoms with Gasteiger partial charge in [0, 0.05) is 25.5 Å². The van der Waals surface area contributed by atoms with Gasteiger partial charge in [-0.2, -0.15) is 0 Å². The highest BCUT2D eigenvalue weighted by Gasteiger charge is 2.23. The molecular weight excluding hydrogens is 302 g/mol. The van der Waals surface area contributed by atoms with Crippen LogP contribution in [0.3, 0.4) is 0 Å². The number of nitrogens with zero attached hydrogens (tertiary/aromatic N) is 2. The Morgan fingerprint density at radius 2 is 2.30 bits per heavy atom. The molecule has 2 heterocycles. The van der Waals surface area contributed by atoms with Crippen LogP contribution in [0.25, 0.3) is 0 Å². The quantitative estimate of drug-likeness (QED) is 0.743. The molecule has 7 nitrogen and oxygen atoms in total. The molecule has 0 saturated carbocycles. The van der Waals surface area contributed by atoms with E-state index in [2.05, 4.69) is 9.71 Å². The van der Waals surface area contributed by atoms with Crippen LogP contribution in [0.15, 0.2) is 35.1 Å². The average molecular weight is 315 g/mol. The first-order valence-corrected chi connectivity index (χ1v) is 8.13. The average Bonchev–Trinajstić information content (AvgIpc) is 3.05. The smallest absolute Gasteiger partial charge is 0.347 e. The summed E-state index contributed by atoms with van der Waals surface area (Å²) in [6, 6.07) is 1.30. The molecule has 0 bridgehead atoms. The lowest BCUT2D eigenvalue weighted by Gasteiger charge is -2.06. The highest BCUT2D eigenvalue weighted by molar-refractivity contribution is 7.89. The third-order valence-electron chi connectivity index (χ3n) is 2.56. The number of rotatable bonds is 7. The third kappa shape index (κ3) is 3.44. The van der Waals surface area contributed by atoms with E-state index in [1.54, 1.807) is 18.7 Å². The number of nitrogens with one attached hydrogen (secondary N) is 1. The normalized spacial score (nSPS) is 11.6. The van der Waals surface area contributed by atoms with Gasteiger partial charge in [-0.3, -0.25) is 0 Å². The molecule has 0 unspecified atom stereocenters. The van der Waals surface area contributed by atoms with Gasteiger partial charge >= 0.3 is 5.97 Å². The highest BCUT2D eigenvalue weighted by Crippen LogP contribution is 2.21. The molecule has 2 aromatic rings. The van der Waals surface area contributed by atoms with Crippen molar-refractivity contribution in [2.24, 2.45) is 0 Å². The van der Waals surface area contributed by atoms with Crippen molar-refractivity contribution in [2.75, 3.05) is 6.54 Å². The lowest BCUT2D eigenvalue weighted by molar-refractivity contribution is 0.0698. The van der Waals surface area contributed by atoms with Gasteiger partial charge in [-0.05, 0) is 17.9 Å². The largest absolute Gasteiger partial charge is 0.477 e. The SMILES string of the molecule is O=C(O)c1sccc1S(=O)(=O)NCCCn1ccnc1. The number of hydrogen-bond acceptors (Lipinski definition) is 5. The van der Waals surface area contributed by atoms with Crippen LogP contribution in [0, 0.1) is 0 Å². The summed E-state index contributed by atoms with van der Waals surface area (Å²) in [6.07, 6.45) is 5.67. The Labute approximate surface area is 119 Å². The number of aromatic carboxylic acids is 1. The lowest BCUT2D eigenvalue weighted by atomic mass is 10.4. The van der Waals surface area contributed by atoms with Crippen LogP contribution in [-0.4, -0.2) is 35.6 Å². The van der Waals surface area contributed by atoms with Crippen LogP contribution in [-0.2, 0) is 16.6 Å². The molecule has 0 aromatic carbocycles. The van der Waals surface area contributed by atoms with E-state index < -0.39 is 16.0 Å². The second kappa shape index (κ2) is 6.16. The Balaban J connectivity index is 1.94. The van der Waals surface area contributed by atoms with Crippen molar-refractivity contribution in [3.8, 4) is 0 Å². The second-order valence-electron chi connectivity index (χ2n) is 3.97. The van der Waals surface area contributed by atoms with Crippen molar-refractivity contribution in [1.82, 2.24) is 14.3 Å². The number of imidazole rings is 1. The van der Waals surface area contributed by atoms with Gasteiger partial charge in [0.25, 0.3) is 0 Å². The van der Waals surface area contributed by atoms with Gasteiger partial charge < -0.3 is 9.67 Å². The van der Waals surface area contributed by atoms with Crippen LogP contribution in [0.1, 0.15) is 16.1 Å². The van der Waals surface area contributed by atoms with Crippen LogP contribution < -0.4 is 4.72 Å². The molecule has 9 heteroatoms. The molecule has 0 atom stereocenters. The molecule has 0 saturated heterocycles. The molecule has 0 aliphatic carbocycles. The van der Waals surface area contributed by atoms with Gasteiger partial charge in [-0.25, -0.2) is 22.9 Å². The summed E-state index contributed by atoms with van der Waals surface area (Å²) in [4.78, 5) is 14.4. The Morgan fingerprint density at radius 3 is 2.95 bits per heavy atom. The van der Waals surface area contributed by atoms with Gasteiger partial charge in [-0.15, -0.1) is 11.3 Å². The molecule has 108 valence electrons. The van der Waals surface area contributed by atoms with Gasteiger partial charge in [0.2, 0.25) is 10.0 Å². The summed E-state index contributed by atoms with van der Waals surface area (Å²) in [5.74, 6) is -1.24. The molecular formula is C11H13N3O4S2. The Hall–Kier alpha value is -1.71. The summed E-state index contributed by atoms with van der Waals surface area (Å²) < 4.78 is 28.2. The van der Waals surface area contributed by atoms with Crippen molar-refractivity contribution in [3.63, 3.8) is 0 Å². The van der Waals surface area contributed by atoms with E-state index in [4.69, 9.17) is 5.11 Å². The van der Waals surface area contributed by atoms with E-state index in [-0.39, 0.29) is 16.3 Å². The summed E-state index contributed by atoms with van der Waals surface area (Å²) in [6.45, 7) is 0.868. The fraction of sp³-hybridized carbons (Fsp3) is 0.273. The number of carbonyl (C=O) groups is 1. The molecule has 0 fully saturated rings. The monoisotopic (exact) mass is 315 g/mol. The van der Waals surface area contributed by atoms with Crippen LogP contribution in [0.2, 0.25) is 0 Å². The molecule has 0 spiro atoms. The van der Waals surface area contributed by atoms with E-state index >= 15 is 0 Å². The molecule has 0 aliphatic rings. The standard InChI is InChI=1S/C11H13N3O4S2/c15-11(16)10-9(2-7-19-10)20(17,18)13-3-1-5-14-6-4-12-8-14/h2,4,6-8,13H,1,3,5H2,(H,15,16). The van der Waals surface area contributed by atoms with Crippen LogP contribution >= 0.6 is 11.3 Å². The molecule has 2 N–H and O–H groups in total. The minimum absolute atomic E-state index is 0.174. The number of sulfonamides is 1. The first-order chi connectivity index (χ1) is 9.50. The topological polar surface area (TPSA) is 101 Å². The van der Waals surface area contributed by atoms with Gasteiger partial charge in [-0.1, -0.05) is 0 Å². The highest BCUT2D eigenvalue weighted by atomic mass is 32.2. The zero-order valence-corrected chi connectivity index (χ0v) is 12.0. The predicted octanol–water partition coefficient (Wildman–Crippen LogP) is 1.01. The van der Waals surface area contributed by atoms with Crippen molar-refractivity contribution in [1.29, 1.82) is 0 Å². The molecule has 0 radical (unpaired) electrons. The molecule has 0 amide bonds. The van der Waals surface area contributed by atoms with Crippen LogP contribution in [0.4, 0.5) is 0 Å². The van der Waals surface area contributed by atoms with E-state index in [0.717, 1.165) is 11.3 Å². The number of aromatic nitrogens is 2. The fourth-order valence-electron chi connectivity index (χ4n) is 1.63. The second-order valence-corrected chi connectivity index (χ2v) is 6.62. The Morgan fingerprint density at radius 1 is 1.50 bits per heavy atom. The third-order valence-corrected chi connectivity index (χ3v) is 5.09. The van der Waals surface area contributed by atoms with E-state index in [9.17, 15) is 13.2 Å². The van der Waals surface area contributed by atoms with Crippen molar-refractivity contribution < 1.29 is 18.3 Å². The number of hydrogen-bond donors (Lipinski definition) is 2. The molecule has 20 heavy (non-hydrogen) atoms. The zero-order chi connectivity index (χ0) is 14.6. The van der Waals surface area contributed by atoms with Crippen molar-refractivity contribution in [3.05, 3.63) is 35.0 Å². The Bertz CT molecular complexity index is 676. The van der Waals surface area contributed by atoms with Gasteiger partial charge in [0.1, 0.15) is 9.77 Å². The summed E-state index contributed by atoms with van der Waals surface area (Å²) in [7, 11) is -3.78. The zero-order valence-electron chi connectivity index (χ0n) is 10.4. The number of aryl methyl sites for hydroxylation is 1. The van der Waals surface area contributed by atoms with Gasteiger partial charge in [0.15, 0.2) is 0 Å². The van der Waals surface area contributed by atoms with E-state index in [1.165, 1.54) is 11.4 Å².